The van der Waals surface area contributed by atoms with Gasteiger partial charge in [0.05, 0.1) is 12.3 Å². The molecule has 1 aromatic heterocycles. The molecule has 2 heterocycles. The molecule has 0 bridgehead atoms. The molecule has 5 nitrogen and oxygen atoms in total. The van der Waals surface area contributed by atoms with E-state index in [1.807, 2.05) is 19.9 Å². The minimum Gasteiger partial charge on any atom is -0.489 e. The standard InChI is InChI=1S/C13H18N2O3/c1-8(2)18-10-5-9(6-14-7-10)11-3-4-12(15-11)13(16)17/h5-8,11-12,15H,3-4H2,1-2H3,(H,16,17). The fraction of sp³-hybridized carbons (Fsp3) is 0.538. The van der Waals surface area contributed by atoms with Gasteiger partial charge in [-0.05, 0) is 38.3 Å². The normalized spacial score (nSPS) is 23.3. The maximum Gasteiger partial charge on any atom is 0.320 e. The highest BCUT2D eigenvalue weighted by Crippen LogP contribution is 2.28. The number of hydrogen-bond acceptors (Lipinski definition) is 4. The number of hydrogen-bond donors (Lipinski definition) is 2. The first-order chi connectivity index (χ1) is 8.56. The van der Waals surface area contributed by atoms with Crippen molar-refractivity contribution in [3.8, 4) is 5.75 Å². The van der Waals surface area contributed by atoms with Crippen LogP contribution in [0.25, 0.3) is 0 Å². The van der Waals surface area contributed by atoms with Crippen LogP contribution in [0.2, 0.25) is 0 Å². The molecule has 0 spiro atoms. The highest BCUT2D eigenvalue weighted by Gasteiger charge is 2.29. The second-order valence-corrected chi connectivity index (χ2v) is 4.81. The lowest BCUT2D eigenvalue weighted by atomic mass is 10.1. The van der Waals surface area contributed by atoms with Crippen molar-refractivity contribution in [1.82, 2.24) is 10.3 Å². The molecule has 2 atom stereocenters. The molecule has 1 aliphatic rings. The SMILES string of the molecule is CC(C)Oc1cncc(C2CCC(C(=O)O)N2)c1. The Morgan fingerprint density at radius 2 is 2.28 bits per heavy atom. The number of aromatic nitrogens is 1. The van der Waals surface area contributed by atoms with Crippen LogP contribution in [0.1, 0.15) is 38.3 Å². The fourth-order valence-corrected chi connectivity index (χ4v) is 2.16. The Morgan fingerprint density at radius 3 is 2.89 bits per heavy atom. The van der Waals surface area contributed by atoms with Crippen LogP contribution in [-0.4, -0.2) is 28.2 Å². The molecule has 1 aromatic rings. The van der Waals surface area contributed by atoms with Crippen LogP contribution in [0.5, 0.6) is 5.75 Å². The molecule has 2 N–H and O–H groups in total. The van der Waals surface area contributed by atoms with Gasteiger partial charge in [0.1, 0.15) is 11.8 Å². The van der Waals surface area contributed by atoms with Crippen molar-refractivity contribution in [2.75, 3.05) is 0 Å². The number of carbonyl (C=O) groups is 1. The molecule has 1 fully saturated rings. The van der Waals surface area contributed by atoms with Gasteiger partial charge in [0, 0.05) is 12.2 Å². The average molecular weight is 250 g/mol. The third kappa shape index (κ3) is 2.98. The lowest BCUT2D eigenvalue weighted by Gasteiger charge is -2.14. The summed E-state index contributed by atoms with van der Waals surface area (Å²) in [6, 6.07) is 1.52. The lowest BCUT2D eigenvalue weighted by molar-refractivity contribution is -0.139. The minimum absolute atomic E-state index is 0.0503. The van der Waals surface area contributed by atoms with Gasteiger partial charge in [0.2, 0.25) is 0 Å². The molecule has 0 aromatic carbocycles. The van der Waals surface area contributed by atoms with Crippen LogP contribution in [-0.2, 0) is 4.79 Å². The molecule has 18 heavy (non-hydrogen) atoms. The summed E-state index contributed by atoms with van der Waals surface area (Å²) in [5, 5.41) is 12.0. The van der Waals surface area contributed by atoms with Gasteiger partial charge in [-0.25, -0.2) is 0 Å². The van der Waals surface area contributed by atoms with Gasteiger partial charge in [0.15, 0.2) is 0 Å². The largest absolute Gasteiger partial charge is 0.489 e. The van der Waals surface area contributed by atoms with Crippen LogP contribution >= 0.6 is 0 Å². The highest BCUT2D eigenvalue weighted by atomic mass is 16.5. The summed E-state index contributed by atoms with van der Waals surface area (Å²) in [7, 11) is 0. The monoisotopic (exact) mass is 250 g/mol. The molecular weight excluding hydrogens is 232 g/mol. The summed E-state index contributed by atoms with van der Waals surface area (Å²) in [4.78, 5) is 15.0. The van der Waals surface area contributed by atoms with E-state index >= 15 is 0 Å². The maximum atomic E-state index is 10.9. The average Bonchev–Trinajstić information content (AvgIpc) is 2.77. The van der Waals surface area contributed by atoms with Gasteiger partial charge in [-0.1, -0.05) is 0 Å². The van der Waals surface area contributed by atoms with Crippen molar-refractivity contribution in [3.63, 3.8) is 0 Å². The van der Waals surface area contributed by atoms with Crippen LogP contribution in [0, 0.1) is 0 Å². The maximum absolute atomic E-state index is 10.9. The zero-order chi connectivity index (χ0) is 13.1. The Labute approximate surface area is 106 Å². The number of aliphatic carboxylic acids is 1. The molecular formula is C13H18N2O3. The van der Waals surface area contributed by atoms with Crippen molar-refractivity contribution in [1.29, 1.82) is 0 Å². The van der Waals surface area contributed by atoms with Gasteiger partial charge >= 0.3 is 5.97 Å². The third-order valence-corrected chi connectivity index (χ3v) is 2.95. The van der Waals surface area contributed by atoms with Crippen molar-refractivity contribution < 1.29 is 14.6 Å². The molecule has 0 aliphatic carbocycles. The Kier molecular flexibility index (Phi) is 3.81. The quantitative estimate of drug-likeness (QED) is 0.851. The topological polar surface area (TPSA) is 71.5 Å². The summed E-state index contributed by atoms with van der Waals surface area (Å²) in [5.41, 5.74) is 0.983. The number of carboxylic acid groups (broad SMARTS) is 1. The Hall–Kier alpha value is -1.62. The van der Waals surface area contributed by atoms with Crippen molar-refractivity contribution in [2.45, 2.75) is 44.9 Å². The first-order valence-corrected chi connectivity index (χ1v) is 6.16. The number of ether oxygens (including phenoxy) is 1. The molecule has 2 unspecified atom stereocenters. The van der Waals surface area contributed by atoms with E-state index in [-0.39, 0.29) is 12.1 Å². The Bertz CT molecular complexity index is 434. The summed E-state index contributed by atoms with van der Waals surface area (Å²) in [5.74, 6) is -0.0666. The molecule has 0 amide bonds. The highest BCUT2D eigenvalue weighted by molar-refractivity contribution is 5.73. The van der Waals surface area contributed by atoms with Crippen LogP contribution < -0.4 is 10.1 Å². The molecule has 1 aliphatic heterocycles. The second kappa shape index (κ2) is 5.35. The van der Waals surface area contributed by atoms with Crippen molar-refractivity contribution in [3.05, 3.63) is 24.0 Å². The minimum atomic E-state index is -0.792. The van der Waals surface area contributed by atoms with Crippen molar-refractivity contribution in [2.24, 2.45) is 0 Å². The second-order valence-electron chi connectivity index (χ2n) is 4.81. The predicted octanol–water partition coefficient (Wildman–Crippen LogP) is 1.75. The summed E-state index contributed by atoms with van der Waals surface area (Å²) >= 11 is 0. The van der Waals surface area contributed by atoms with Crippen LogP contribution in [0.3, 0.4) is 0 Å². The van der Waals surface area contributed by atoms with E-state index in [1.165, 1.54) is 0 Å². The Balaban J connectivity index is 2.07. The van der Waals surface area contributed by atoms with E-state index in [0.29, 0.717) is 6.42 Å². The molecule has 0 radical (unpaired) electrons. The summed E-state index contributed by atoms with van der Waals surface area (Å²) < 4.78 is 5.58. The Morgan fingerprint density at radius 1 is 1.50 bits per heavy atom. The number of carboxylic acids is 1. The fourth-order valence-electron chi connectivity index (χ4n) is 2.16. The van der Waals surface area contributed by atoms with Crippen molar-refractivity contribution >= 4 is 5.97 Å². The van der Waals surface area contributed by atoms with Gasteiger partial charge in [-0.3, -0.25) is 15.1 Å². The zero-order valence-electron chi connectivity index (χ0n) is 10.6. The molecule has 98 valence electrons. The van der Waals surface area contributed by atoms with Crippen LogP contribution in [0.4, 0.5) is 0 Å². The van der Waals surface area contributed by atoms with E-state index in [2.05, 4.69) is 10.3 Å². The first-order valence-electron chi connectivity index (χ1n) is 6.16. The van der Waals surface area contributed by atoms with Gasteiger partial charge in [-0.15, -0.1) is 0 Å². The number of rotatable bonds is 4. The van der Waals surface area contributed by atoms with E-state index in [9.17, 15) is 4.79 Å². The van der Waals surface area contributed by atoms with Gasteiger partial charge in [0.25, 0.3) is 0 Å². The molecule has 2 rings (SSSR count). The van der Waals surface area contributed by atoms with Gasteiger partial charge in [-0.2, -0.15) is 0 Å². The third-order valence-electron chi connectivity index (χ3n) is 2.95. The number of nitrogens with zero attached hydrogens (tertiary/aromatic N) is 1. The van der Waals surface area contributed by atoms with E-state index in [1.54, 1.807) is 12.4 Å². The summed E-state index contributed by atoms with van der Waals surface area (Å²) in [6.07, 6.45) is 4.99. The smallest absolute Gasteiger partial charge is 0.320 e. The van der Waals surface area contributed by atoms with E-state index in [4.69, 9.17) is 9.84 Å². The lowest BCUT2D eigenvalue weighted by Crippen LogP contribution is -2.31. The van der Waals surface area contributed by atoms with E-state index in [0.717, 1.165) is 17.7 Å². The first kappa shape index (κ1) is 12.8. The van der Waals surface area contributed by atoms with Gasteiger partial charge < -0.3 is 9.84 Å². The molecule has 5 heteroatoms. The number of pyridine rings is 1. The molecule has 1 saturated heterocycles. The van der Waals surface area contributed by atoms with E-state index < -0.39 is 12.0 Å². The van der Waals surface area contributed by atoms with Crippen LogP contribution in [0.15, 0.2) is 18.5 Å². The molecule has 0 saturated carbocycles. The predicted molar refractivity (Wildman–Crippen MR) is 66.5 cm³/mol. The number of nitrogens with one attached hydrogen (secondary N) is 1. The summed E-state index contributed by atoms with van der Waals surface area (Å²) in [6.45, 7) is 3.92. The zero-order valence-corrected chi connectivity index (χ0v) is 10.6.